The predicted molar refractivity (Wildman–Crippen MR) is 114 cm³/mol. The van der Waals surface area contributed by atoms with Gasteiger partial charge in [0.05, 0.1) is 10.6 Å². The molecule has 1 atom stereocenters. The van der Waals surface area contributed by atoms with Crippen LogP contribution >= 0.6 is 11.3 Å². The van der Waals surface area contributed by atoms with E-state index in [-0.39, 0.29) is 28.9 Å². The van der Waals surface area contributed by atoms with E-state index in [1.807, 2.05) is 16.8 Å². The van der Waals surface area contributed by atoms with E-state index in [2.05, 4.69) is 10.1 Å². The molecule has 0 spiro atoms. The molecule has 1 saturated heterocycles. The standard InChI is InChI=1S/C21H23N3O4S2/c25-20(9-12-30(26,27)18-6-2-1-3-7-18)24-10-4-5-16(14-24)13-19-22-21(23-28-19)17-8-11-29-15-17/h1-3,6-8,11,15-16H,4-5,9-10,12-14H2/t16-/m1/s1. The maximum Gasteiger partial charge on any atom is 0.227 e. The first-order valence-corrected chi connectivity index (χ1v) is 12.5. The van der Waals surface area contributed by atoms with Crippen LogP contribution < -0.4 is 0 Å². The Bertz CT molecular complexity index is 1080. The number of likely N-dealkylation sites (tertiary alicyclic amines) is 1. The van der Waals surface area contributed by atoms with Gasteiger partial charge in [0.25, 0.3) is 0 Å². The second-order valence-corrected chi connectivity index (χ2v) is 10.3. The zero-order valence-corrected chi connectivity index (χ0v) is 18.1. The Hall–Kier alpha value is -2.52. The molecule has 0 bridgehead atoms. The molecule has 1 aliphatic heterocycles. The number of benzene rings is 1. The average molecular weight is 446 g/mol. The predicted octanol–water partition coefficient (Wildman–Crippen LogP) is 3.44. The van der Waals surface area contributed by atoms with Crippen molar-refractivity contribution in [3.8, 4) is 11.4 Å². The largest absolute Gasteiger partial charge is 0.342 e. The maximum atomic E-state index is 12.6. The Labute approximate surface area is 179 Å². The van der Waals surface area contributed by atoms with Crippen molar-refractivity contribution in [3.05, 3.63) is 53.0 Å². The molecule has 4 rings (SSSR count). The number of rotatable bonds is 7. The minimum atomic E-state index is -3.45. The van der Waals surface area contributed by atoms with E-state index >= 15 is 0 Å². The summed E-state index contributed by atoms with van der Waals surface area (Å²) in [7, 11) is -3.45. The molecule has 1 aromatic carbocycles. The van der Waals surface area contributed by atoms with Gasteiger partial charge in [-0.1, -0.05) is 23.4 Å². The fraction of sp³-hybridized carbons (Fsp3) is 0.381. The van der Waals surface area contributed by atoms with Gasteiger partial charge in [0.2, 0.25) is 17.6 Å². The van der Waals surface area contributed by atoms with Crippen LogP contribution in [0.2, 0.25) is 0 Å². The number of thiophene rings is 1. The van der Waals surface area contributed by atoms with Crippen molar-refractivity contribution >= 4 is 27.1 Å². The van der Waals surface area contributed by atoms with Gasteiger partial charge in [-0.05, 0) is 42.3 Å². The van der Waals surface area contributed by atoms with Crippen molar-refractivity contribution in [2.75, 3.05) is 18.8 Å². The second kappa shape index (κ2) is 9.09. The summed E-state index contributed by atoms with van der Waals surface area (Å²) in [6.07, 6.45) is 2.46. The van der Waals surface area contributed by atoms with E-state index in [0.717, 1.165) is 18.4 Å². The Kier molecular flexibility index (Phi) is 6.29. The Morgan fingerprint density at radius 3 is 2.83 bits per heavy atom. The van der Waals surface area contributed by atoms with Crippen LogP contribution in [0, 0.1) is 5.92 Å². The molecule has 9 heteroatoms. The highest BCUT2D eigenvalue weighted by Gasteiger charge is 2.26. The van der Waals surface area contributed by atoms with Gasteiger partial charge >= 0.3 is 0 Å². The summed E-state index contributed by atoms with van der Waals surface area (Å²) in [5.74, 6) is 1.08. The van der Waals surface area contributed by atoms with Gasteiger partial charge in [0.1, 0.15) is 0 Å². The summed E-state index contributed by atoms with van der Waals surface area (Å²) in [4.78, 5) is 19.1. The van der Waals surface area contributed by atoms with Crippen LogP contribution in [0.3, 0.4) is 0 Å². The number of hydrogen-bond donors (Lipinski definition) is 0. The van der Waals surface area contributed by atoms with Crippen LogP contribution in [0.5, 0.6) is 0 Å². The summed E-state index contributed by atoms with van der Waals surface area (Å²) in [5, 5.41) is 7.97. The fourth-order valence-electron chi connectivity index (χ4n) is 3.68. The molecule has 0 radical (unpaired) electrons. The van der Waals surface area contributed by atoms with Gasteiger partial charge in [-0.25, -0.2) is 8.42 Å². The van der Waals surface area contributed by atoms with Crippen LogP contribution in [0.4, 0.5) is 0 Å². The molecule has 1 aliphatic rings. The van der Waals surface area contributed by atoms with E-state index in [1.54, 1.807) is 46.6 Å². The third kappa shape index (κ3) is 4.96. The van der Waals surface area contributed by atoms with Gasteiger partial charge in [-0.3, -0.25) is 4.79 Å². The fourth-order valence-corrected chi connectivity index (χ4v) is 5.56. The van der Waals surface area contributed by atoms with Crippen LogP contribution in [-0.4, -0.2) is 48.2 Å². The molecular formula is C21H23N3O4S2. The molecular weight excluding hydrogens is 422 g/mol. The van der Waals surface area contributed by atoms with Crippen LogP contribution in [0.15, 0.2) is 56.6 Å². The first-order valence-electron chi connectivity index (χ1n) is 9.92. The number of sulfone groups is 1. The highest BCUT2D eigenvalue weighted by atomic mass is 32.2. The van der Waals surface area contributed by atoms with Gasteiger partial charge in [-0.2, -0.15) is 16.3 Å². The average Bonchev–Trinajstić information content (AvgIpc) is 3.45. The molecule has 3 heterocycles. The molecule has 3 aromatic rings. The SMILES string of the molecule is O=C(CCS(=O)(=O)c1ccccc1)N1CCC[C@H](Cc2nc(-c3ccsc3)no2)C1. The normalized spacial score (nSPS) is 17.2. The lowest BCUT2D eigenvalue weighted by atomic mass is 9.94. The second-order valence-electron chi connectivity index (χ2n) is 7.46. The summed E-state index contributed by atoms with van der Waals surface area (Å²) in [6, 6.07) is 10.2. The number of carbonyl (C=O) groups excluding carboxylic acids is 1. The van der Waals surface area contributed by atoms with E-state index in [1.165, 1.54) is 0 Å². The van der Waals surface area contributed by atoms with E-state index in [9.17, 15) is 13.2 Å². The zero-order chi connectivity index (χ0) is 21.0. The van der Waals surface area contributed by atoms with Crippen LogP contribution in [0.1, 0.15) is 25.2 Å². The first-order chi connectivity index (χ1) is 14.5. The zero-order valence-electron chi connectivity index (χ0n) is 16.4. The molecule has 0 unspecified atom stereocenters. The van der Waals surface area contributed by atoms with Crippen molar-refractivity contribution in [3.63, 3.8) is 0 Å². The molecule has 30 heavy (non-hydrogen) atoms. The number of piperidine rings is 1. The first kappa shape index (κ1) is 20.7. The molecule has 1 amide bonds. The number of amides is 1. The third-order valence-corrected chi connectivity index (χ3v) is 7.68. The van der Waals surface area contributed by atoms with Crippen LogP contribution in [0.25, 0.3) is 11.4 Å². The number of aromatic nitrogens is 2. The Balaban J connectivity index is 1.32. The van der Waals surface area contributed by atoms with Crippen molar-refractivity contribution in [1.29, 1.82) is 0 Å². The lowest BCUT2D eigenvalue weighted by Crippen LogP contribution is -2.41. The topological polar surface area (TPSA) is 93.4 Å². The molecule has 0 aliphatic carbocycles. The summed E-state index contributed by atoms with van der Waals surface area (Å²) < 4.78 is 30.2. The highest BCUT2D eigenvalue weighted by Crippen LogP contribution is 2.24. The van der Waals surface area contributed by atoms with Crippen molar-refractivity contribution in [1.82, 2.24) is 15.0 Å². The molecule has 7 nitrogen and oxygen atoms in total. The monoisotopic (exact) mass is 445 g/mol. The molecule has 2 aromatic heterocycles. The minimum absolute atomic E-state index is 0.00713. The summed E-state index contributed by atoms with van der Waals surface area (Å²) >= 11 is 1.58. The van der Waals surface area contributed by atoms with Crippen LogP contribution in [-0.2, 0) is 21.1 Å². The lowest BCUT2D eigenvalue weighted by Gasteiger charge is -2.32. The smallest absolute Gasteiger partial charge is 0.227 e. The highest BCUT2D eigenvalue weighted by molar-refractivity contribution is 7.91. The van der Waals surface area contributed by atoms with Gasteiger partial charge in [0, 0.05) is 36.9 Å². The number of carbonyl (C=O) groups is 1. The van der Waals surface area contributed by atoms with E-state index in [4.69, 9.17) is 4.52 Å². The van der Waals surface area contributed by atoms with Gasteiger partial charge in [-0.15, -0.1) is 0 Å². The summed E-state index contributed by atoms with van der Waals surface area (Å²) in [6.45, 7) is 1.24. The quantitative estimate of drug-likeness (QED) is 0.553. The summed E-state index contributed by atoms with van der Waals surface area (Å²) in [5.41, 5.74) is 0.940. The van der Waals surface area contributed by atoms with Crippen molar-refractivity contribution in [2.24, 2.45) is 5.92 Å². The van der Waals surface area contributed by atoms with Crippen molar-refractivity contribution in [2.45, 2.75) is 30.6 Å². The molecule has 0 N–H and O–H groups in total. The van der Waals surface area contributed by atoms with E-state index in [0.29, 0.717) is 31.2 Å². The maximum absolute atomic E-state index is 12.6. The minimum Gasteiger partial charge on any atom is -0.342 e. The lowest BCUT2D eigenvalue weighted by molar-refractivity contribution is -0.132. The van der Waals surface area contributed by atoms with E-state index < -0.39 is 9.84 Å². The third-order valence-electron chi connectivity index (χ3n) is 5.27. The Morgan fingerprint density at radius 2 is 2.07 bits per heavy atom. The molecule has 0 saturated carbocycles. The Morgan fingerprint density at radius 1 is 1.23 bits per heavy atom. The van der Waals surface area contributed by atoms with Crippen molar-refractivity contribution < 1.29 is 17.7 Å². The molecule has 1 fully saturated rings. The van der Waals surface area contributed by atoms with Gasteiger partial charge < -0.3 is 9.42 Å². The number of hydrogen-bond acceptors (Lipinski definition) is 7. The number of nitrogens with zero attached hydrogens (tertiary/aromatic N) is 3. The molecule has 158 valence electrons. The van der Waals surface area contributed by atoms with Gasteiger partial charge in [0.15, 0.2) is 9.84 Å².